The summed E-state index contributed by atoms with van der Waals surface area (Å²) < 4.78 is 0. The summed E-state index contributed by atoms with van der Waals surface area (Å²) in [6.07, 6.45) is 0. The number of nitrogens with zero attached hydrogens (tertiary/aromatic N) is 1. The molecule has 1 N–H and O–H groups in total. The molecule has 2 nitrogen and oxygen atoms in total. The van der Waals surface area contributed by atoms with E-state index < -0.39 is 0 Å². The van der Waals surface area contributed by atoms with E-state index in [0.29, 0.717) is 0 Å². The van der Waals surface area contributed by atoms with Gasteiger partial charge in [-0.05, 0) is 57.5 Å². The number of likely N-dealkylation sites (N-methyl/N-ethyl adjacent to an activating group) is 2. The van der Waals surface area contributed by atoms with Crippen LogP contribution in [0.4, 0.5) is 5.69 Å². The minimum atomic E-state index is 0.140. The Hall–Kier alpha value is -1.02. The summed E-state index contributed by atoms with van der Waals surface area (Å²) in [7, 11) is 2.16. The largest absolute Gasteiger partial charge is 0.373 e. The van der Waals surface area contributed by atoms with Gasteiger partial charge in [0, 0.05) is 24.8 Å². The van der Waals surface area contributed by atoms with E-state index in [-0.39, 0.29) is 5.54 Å². The quantitative estimate of drug-likeness (QED) is 0.842. The number of rotatable bonds is 5. The highest BCUT2D eigenvalue weighted by Crippen LogP contribution is 2.19. The second-order valence-electron chi connectivity index (χ2n) is 5.62. The summed E-state index contributed by atoms with van der Waals surface area (Å²) in [6.45, 7) is 13.0. The highest BCUT2D eigenvalue weighted by Gasteiger charge is 2.18. The van der Waals surface area contributed by atoms with Gasteiger partial charge in [0.05, 0.1) is 0 Å². The molecule has 0 saturated carbocycles. The fourth-order valence-corrected chi connectivity index (χ4v) is 2.39. The first-order valence-corrected chi connectivity index (χ1v) is 6.38. The molecule has 1 aromatic rings. The Labute approximate surface area is 106 Å². The molecule has 96 valence electrons. The maximum Gasteiger partial charge on any atom is 0.0369 e. The third kappa shape index (κ3) is 4.39. The van der Waals surface area contributed by atoms with Gasteiger partial charge in [-0.25, -0.2) is 0 Å². The average Bonchev–Trinajstić information content (AvgIpc) is 2.14. The Kier molecular flexibility index (Phi) is 4.58. The lowest BCUT2D eigenvalue weighted by atomic mass is 10.0. The van der Waals surface area contributed by atoms with Crippen LogP contribution in [0.25, 0.3) is 0 Å². The zero-order valence-corrected chi connectivity index (χ0v) is 12.1. The summed E-state index contributed by atoms with van der Waals surface area (Å²) in [5, 5.41) is 3.51. The zero-order valence-electron chi connectivity index (χ0n) is 12.1. The van der Waals surface area contributed by atoms with E-state index in [2.05, 4.69) is 70.1 Å². The molecule has 0 aliphatic rings. The maximum absolute atomic E-state index is 3.51. The van der Waals surface area contributed by atoms with Crippen molar-refractivity contribution in [1.29, 1.82) is 0 Å². The van der Waals surface area contributed by atoms with E-state index in [1.807, 2.05) is 0 Å². The van der Waals surface area contributed by atoms with E-state index in [4.69, 9.17) is 0 Å². The van der Waals surface area contributed by atoms with Crippen LogP contribution in [0, 0.1) is 13.8 Å². The number of hydrogen-bond acceptors (Lipinski definition) is 2. The standard InChI is InChI=1S/C15H26N2/c1-7-16-15(4,5)11-17(6)14-9-12(2)8-13(3)10-14/h8-10,16H,7,11H2,1-6H3. The molecule has 17 heavy (non-hydrogen) atoms. The highest BCUT2D eigenvalue weighted by atomic mass is 15.1. The molecule has 0 aromatic heterocycles. The SMILES string of the molecule is CCNC(C)(C)CN(C)c1cc(C)cc(C)c1. The fraction of sp³-hybridized carbons (Fsp3) is 0.600. The molecule has 1 rings (SSSR count). The lowest BCUT2D eigenvalue weighted by Gasteiger charge is -2.32. The van der Waals surface area contributed by atoms with Crippen LogP contribution in [-0.4, -0.2) is 25.7 Å². The number of hydrogen-bond donors (Lipinski definition) is 1. The fourth-order valence-electron chi connectivity index (χ4n) is 2.39. The molecule has 2 heteroatoms. The van der Waals surface area contributed by atoms with Crippen molar-refractivity contribution in [3.8, 4) is 0 Å². The van der Waals surface area contributed by atoms with E-state index in [1.54, 1.807) is 0 Å². The number of aryl methyl sites for hydroxylation is 2. The first-order valence-electron chi connectivity index (χ1n) is 6.38. The molecular formula is C15H26N2. The van der Waals surface area contributed by atoms with Crippen LogP contribution in [0.15, 0.2) is 18.2 Å². The predicted molar refractivity (Wildman–Crippen MR) is 76.9 cm³/mol. The summed E-state index contributed by atoms with van der Waals surface area (Å²) >= 11 is 0. The van der Waals surface area contributed by atoms with E-state index in [9.17, 15) is 0 Å². The summed E-state index contributed by atoms with van der Waals surface area (Å²) in [6, 6.07) is 6.71. The topological polar surface area (TPSA) is 15.3 Å². The number of benzene rings is 1. The molecule has 0 saturated heterocycles. The van der Waals surface area contributed by atoms with Crippen LogP contribution in [0.1, 0.15) is 31.9 Å². The van der Waals surface area contributed by atoms with Gasteiger partial charge in [0.25, 0.3) is 0 Å². The molecule has 0 atom stereocenters. The van der Waals surface area contributed by atoms with Crippen LogP contribution in [-0.2, 0) is 0 Å². The first-order chi connectivity index (χ1) is 7.84. The third-order valence-corrected chi connectivity index (χ3v) is 2.94. The van der Waals surface area contributed by atoms with E-state index in [1.165, 1.54) is 16.8 Å². The molecule has 0 amide bonds. The van der Waals surface area contributed by atoms with Gasteiger partial charge in [0.15, 0.2) is 0 Å². The second-order valence-corrected chi connectivity index (χ2v) is 5.62. The second kappa shape index (κ2) is 5.54. The molecule has 0 bridgehead atoms. The van der Waals surface area contributed by atoms with Crippen LogP contribution >= 0.6 is 0 Å². The Morgan fingerprint density at radius 3 is 2.12 bits per heavy atom. The number of nitrogens with one attached hydrogen (secondary N) is 1. The van der Waals surface area contributed by atoms with Crippen molar-refractivity contribution in [2.75, 3.05) is 25.0 Å². The maximum atomic E-state index is 3.51. The van der Waals surface area contributed by atoms with Crippen molar-refractivity contribution in [2.24, 2.45) is 0 Å². The highest BCUT2D eigenvalue weighted by molar-refractivity contribution is 5.50. The predicted octanol–water partition coefficient (Wildman–Crippen LogP) is 3.13. The van der Waals surface area contributed by atoms with Gasteiger partial charge in [-0.3, -0.25) is 0 Å². The lowest BCUT2D eigenvalue weighted by Crippen LogP contribution is -2.48. The van der Waals surface area contributed by atoms with Crippen molar-refractivity contribution < 1.29 is 0 Å². The van der Waals surface area contributed by atoms with Crippen LogP contribution in [0.3, 0.4) is 0 Å². The van der Waals surface area contributed by atoms with Gasteiger partial charge in [0.2, 0.25) is 0 Å². The summed E-state index contributed by atoms with van der Waals surface area (Å²) in [4.78, 5) is 2.32. The molecule has 0 fully saturated rings. The Balaban J connectivity index is 2.79. The molecule has 0 heterocycles. The average molecular weight is 234 g/mol. The van der Waals surface area contributed by atoms with E-state index >= 15 is 0 Å². The van der Waals surface area contributed by atoms with Crippen LogP contribution in [0.2, 0.25) is 0 Å². The van der Waals surface area contributed by atoms with Gasteiger partial charge in [-0.15, -0.1) is 0 Å². The molecular weight excluding hydrogens is 208 g/mol. The third-order valence-electron chi connectivity index (χ3n) is 2.94. The van der Waals surface area contributed by atoms with Crippen molar-refractivity contribution in [1.82, 2.24) is 5.32 Å². The minimum Gasteiger partial charge on any atom is -0.373 e. The van der Waals surface area contributed by atoms with Crippen molar-refractivity contribution >= 4 is 5.69 Å². The van der Waals surface area contributed by atoms with Gasteiger partial charge < -0.3 is 10.2 Å². The van der Waals surface area contributed by atoms with Crippen molar-refractivity contribution in [3.05, 3.63) is 29.3 Å². The summed E-state index contributed by atoms with van der Waals surface area (Å²) in [5.74, 6) is 0. The molecule has 0 spiro atoms. The zero-order chi connectivity index (χ0) is 13.1. The van der Waals surface area contributed by atoms with Gasteiger partial charge in [-0.1, -0.05) is 13.0 Å². The monoisotopic (exact) mass is 234 g/mol. The smallest absolute Gasteiger partial charge is 0.0369 e. The molecule has 0 aliphatic carbocycles. The Morgan fingerprint density at radius 1 is 1.12 bits per heavy atom. The van der Waals surface area contributed by atoms with E-state index in [0.717, 1.165) is 13.1 Å². The van der Waals surface area contributed by atoms with Gasteiger partial charge in [0.1, 0.15) is 0 Å². The Morgan fingerprint density at radius 2 is 1.65 bits per heavy atom. The normalized spacial score (nSPS) is 11.6. The van der Waals surface area contributed by atoms with Gasteiger partial charge >= 0.3 is 0 Å². The first kappa shape index (κ1) is 14.0. The number of anilines is 1. The van der Waals surface area contributed by atoms with Crippen molar-refractivity contribution in [2.45, 2.75) is 40.2 Å². The Bertz CT molecular complexity index is 349. The lowest BCUT2D eigenvalue weighted by molar-refractivity contribution is 0.403. The summed E-state index contributed by atoms with van der Waals surface area (Å²) in [5.41, 5.74) is 4.09. The van der Waals surface area contributed by atoms with Crippen LogP contribution < -0.4 is 10.2 Å². The molecule has 0 aliphatic heterocycles. The molecule has 0 unspecified atom stereocenters. The van der Waals surface area contributed by atoms with Crippen LogP contribution in [0.5, 0.6) is 0 Å². The van der Waals surface area contributed by atoms with Crippen molar-refractivity contribution in [3.63, 3.8) is 0 Å². The minimum absolute atomic E-state index is 0.140. The molecule has 1 aromatic carbocycles. The van der Waals surface area contributed by atoms with Gasteiger partial charge in [-0.2, -0.15) is 0 Å². The molecule has 0 radical (unpaired) electrons.